The van der Waals surface area contributed by atoms with Gasteiger partial charge in [-0.1, -0.05) is 13.8 Å². The number of halogens is 3. The number of rotatable bonds is 4. The number of alkyl halides is 3. The number of hydrogen-bond donors (Lipinski definition) is 1. The van der Waals surface area contributed by atoms with Gasteiger partial charge in [0.2, 0.25) is 0 Å². The van der Waals surface area contributed by atoms with Crippen molar-refractivity contribution < 1.29 is 32.6 Å². The zero-order chi connectivity index (χ0) is 14.8. The fraction of sp³-hybridized carbons (Fsp3) is 0.667. The summed E-state index contributed by atoms with van der Waals surface area (Å²) >= 11 is 0. The molecule has 0 radical (unpaired) electrons. The normalized spacial score (nSPS) is 27.4. The van der Waals surface area contributed by atoms with E-state index in [2.05, 4.69) is 0 Å². The molecule has 0 saturated heterocycles. The van der Waals surface area contributed by atoms with Gasteiger partial charge in [-0.05, 0) is 18.8 Å². The lowest BCUT2D eigenvalue weighted by Gasteiger charge is -2.49. The van der Waals surface area contributed by atoms with Crippen LogP contribution in [0.3, 0.4) is 0 Å². The maximum atomic E-state index is 12.5. The molecule has 0 atom stereocenters. The van der Waals surface area contributed by atoms with E-state index in [9.17, 15) is 22.8 Å². The minimum Gasteiger partial charge on any atom is -0.478 e. The van der Waals surface area contributed by atoms with Gasteiger partial charge in [0.05, 0.1) is 5.92 Å². The molecule has 1 aliphatic carbocycles. The van der Waals surface area contributed by atoms with E-state index >= 15 is 0 Å². The molecule has 1 saturated carbocycles. The van der Waals surface area contributed by atoms with Gasteiger partial charge in [-0.3, -0.25) is 0 Å². The lowest BCUT2D eigenvalue weighted by Crippen LogP contribution is -2.55. The fourth-order valence-corrected chi connectivity index (χ4v) is 2.05. The Bertz CT molecular complexity index is 392. The molecule has 0 amide bonds. The quantitative estimate of drug-likeness (QED) is 0.635. The molecule has 0 aromatic heterocycles. The molecule has 7 heteroatoms. The molecule has 108 valence electrons. The average molecular weight is 280 g/mol. The maximum Gasteiger partial charge on any atom is 0.392 e. The van der Waals surface area contributed by atoms with Crippen molar-refractivity contribution in [2.24, 2.45) is 11.8 Å². The van der Waals surface area contributed by atoms with Crippen LogP contribution in [0.15, 0.2) is 12.2 Å². The van der Waals surface area contributed by atoms with Gasteiger partial charge in [0.1, 0.15) is 5.60 Å². The zero-order valence-corrected chi connectivity index (χ0v) is 10.5. The largest absolute Gasteiger partial charge is 0.478 e. The zero-order valence-electron chi connectivity index (χ0n) is 10.5. The summed E-state index contributed by atoms with van der Waals surface area (Å²) in [5.74, 6) is -3.99. The van der Waals surface area contributed by atoms with Gasteiger partial charge in [-0.25, -0.2) is 9.59 Å². The second kappa shape index (κ2) is 5.22. The maximum absolute atomic E-state index is 12.5. The number of hydrogen-bond acceptors (Lipinski definition) is 3. The summed E-state index contributed by atoms with van der Waals surface area (Å²) in [4.78, 5) is 21.6. The first-order valence-corrected chi connectivity index (χ1v) is 5.77. The fourth-order valence-electron chi connectivity index (χ4n) is 2.05. The summed E-state index contributed by atoms with van der Waals surface area (Å²) in [6.07, 6.45) is -3.55. The summed E-state index contributed by atoms with van der Waals surface area (Å²) in [7, 11) is 0. The SMILES string of the molecule is CC(C)C1(OC(=O)/C=C\C(=O)O)CC(C(F)(F)F)C1. The predicted molar refractivity (Wildman–Crippen MR) is 59.2 cm³/mol. The van der Waals surface area contributed by atoms with Gasteiger partial charge in [-0.15, -0.1) is 0 Å². The van der Waals surface area contributed by atoms with Crippen molar-refractivity contribution in [3.05, 3.63) is 12.2 Å². The van der Waals surface area contributed by atoms with Crippen molar-refractivity contribution in [1.82, 2.24) is 0 Å². The number of carbonyl (C=O) groups excluding carboxylic acids is 1. The molecule has 1 fully saturated rings. The second-order valence-corrected chi connectivity index (χ2v) is 4.96. The van der Waals surface area contributed by atoms with Gasteiger partial charge in [-0.2, -0.15) is 13.2 Å². The van der Waals surface area contributed by atoms with Crippen LogP contribution in [0, 0.1) is 11.8 Å². The molecule has 0 aromatic rings. The Kier molecular flexibility index (Phi) is 4.27. The van der Waals surface area contributed by atoms with Gasteiger partial charge >= 0.3 is 18.1 Å². The Balaban J connectivity index is 2.67. The molecule has 0 aromatic carbocycles. The first-order valence-electron chi connectivity index (χ1n) is 5.77. The minimum atomic E-state index is -4.29. The molecule has 0 spiro atoms. The molecule has 19 heavy (non-hydrogen) atoms. The van der Waals surface area contributed by atoms with Crippen LogP contribution in [-0.2, 0) is 14.3 Å². The molecule has 4 nitrogen and oxygen atoms in total. The molecule has 0 unspecified atom stereocenters. The van der Waals surface area contributed by atoms with E-state index in [1.807, 2.05) is 0 Å². The van der Waals surface area contributed by atoms with Crippen molar-refractivity contribution in [2.45, 2.75) is 38.5 Å². The van der Waals surface area contributed by atoms with Crippen molar-refractivity contribution in [1.29, 1.82) is 0 Å². The van der Waals surface area contributed by atoms with Crippen molar-refractivity contribution in [3.63, 3.8) is 0 Å². The Morgan fingerprint density at radius 3 is 2.21 bits per heavy atom. The number of esters is 1. The highest BCUT2D eigenvalue weighted by Crippen LogP contribution is 2.52. The predicted octanol–water partition coefficient (Wildman–Crippen LogP) is 2.54. The third-order valence-electron chi connectivity index (χ3n) is 3.36. The summed E-state index contributed by atoms with van der Waals surface area (Å²) < 4.78 is 42.4. The first kappa shape index (κ1) is 15.5. The van der Waals surface area contributed by atoms with Crippen LogP contribution in [0.5, 0.6) is 0 Å². The van der Waals surface area contributed by atoms with E-state index in [1.54, 1.807) is 13.8 Å². The Morgan fingerprint density at radius 1 is 1.32 bits per heavy atom. The van der Waals surface area contributed by atoms with Gasteiger partial charge in [0.15, 0.2) is 0 Å². The summed E-state index contributed by atoms with van der Waals surface area (Å²) in [5.41, 5.74) is -1.15. The smallest absolute Gasteiger partial charge is 0.392 e. The average Bonchev–Trinajstić information content (AvgIpc) is 2.17. The Morgan fingerprint density at radius 2 is 1.84 bits per heavy atom. The van der Waals surface area contributed by atoms with Crippen LogP contribution in [0.25, 0.3) is 0 Å². The standard InChI is InChI=1S/C12H15F3O4/c1-7(2)11(5-8(6-11)12(13,14)15)19-10(18)4-3-9(16)17/h3-4,7-8H,5-6H2,1-2H3,(H,16,17)/b4-3-. The third kappa shape index (κ3) is 3.71. The van der Waals surface area contributed by atoms with E-state index in [1.165, 1.54) is 0 Å². The molecule has 1 rings (SSSR count). The van der Waals surface area contributed by atoms with Crippen molar-refractivity contribution in [2.75, 3.05) is 0 Å². The monoisotopic (exact) mass is 280 g/mol. The van der Waals surface area contributed by atoms with E-state index in [0.717, 1.165) is 0 Å². The summed E-state index contributed by atoms with van der Waals surface area (Å²) in [5, 5.41) is 8.35. The molecular formula is C12H15F3O4. The molecule has 0 bridgehead atoms. The van der Waals surface area contributed by atoms with Crippen LogP contribution in [-0.4, -0.2) is 28.8 Å². The van der Waals surface area contributed by atoms with E-state index in [0.29, 0.717) is 12.2 Å². The lowest BCUT2D eigenvalue weighted by molar-refractivity contribution is -0.254. The number of carboxylic acid groups (broad SMARTS) is 1. The van der Waals surface area contributed by atoms with Gasteiger partial charge < -0.3 is 9.84 Å². The number of ether oxygens (including phenoxy) is 1. The molecule has 1 aliphatic rings. The minimum absolute atomic E-state index is 0.270. The Labute approximate surface area is 108 Å². The van der Waals surface area contributed by atoms with Gasteiger partial charge in [0, 0.05) is 12.2 Å². The summed E-state index contributed by atoms with van der Waals surface area (Å²) in [6, 6.07) is 0. The van der Waals surface area contributed by atoms with E-state index < -0.39 is 29.6 Å². The molecular weight excluding hydrogens is 265 g/mol. The van der Waals surface area contributed by atoms with Crippen LogP contribution >= 0.6 is 0 Å². The van der Waals surface area contributed by atoms with Crippen LogP contribution < -0.4 is 0 Å². The second-order valence-electron chi connectivity index (χ2n) is 4.96. The molecule has 0 aliphatic heterocycles. The van der Waals surface area contributed by atoms with E-state index in [4.69, 9.17) is 9.84 Å². The number of carboxylic acids is 1. The van der Waals surface area contributed by atoms with Crippen LogP contribution in [0.1, 0.15) is 26.7 Å². The topological polar surface area (TPSA) is 63.6 Å². The van der Waals surface area contributed by atoms with Crippen molar-refractivity contribution >= 4 is 11.9 Å². The van der Waals surface area contributed by atoms with E-state index in [-0.39, 0.29) is 18.8 Å². The van der Waals surface area contributed by atoms with Crippen LogP contribution in [0.2, 0.25) is 0 Å². The lowest BCUT2D eigenvalue weighted by atomic mass is 9.65. The Hall–Kier alpha value is -1.53. The third-order valence-corrected chi connectivity index (χ3v) is 3.36. The molecule has 1 N–H and O–H groups in total. The number of carbonyl (C=O) groups is 2. The van der Waals surface area contributed by atoms with Crippen LogP contribution in [0.4, 0.5) is 13.2 Å². The molecule has 0 heterocycles. The van der Waals surface area contributed by atoms with Crippen molar-refractivity contribution in [3.8, 4) is 0 Å². The highest BCUT2D eigenvalue weighted by molar-refractivity contribution is 5.90. The highest BCUT2D eigenvalue weighted by Gasteiger charge is 2.59. The number of aliphatic carboxylic acids is 1. The van der Waals surface area contributed by atoms with Gasteiger partial charge in [0.25, 0.3) is 0 Å². The highest BCUT2D eigenvalue weighted by atomic mass is 19.4. The first-order chi connectivity index (χ1) is 8.57. The summed E-state index contributed by atoms with van der Waals surface area (Å²) in [6.45, 7) is 3.33.